The molecule has 0 aliphatic carbocycles. The molecule has 0 aliphatic heterocycles. The van der Waals surface area contributed by atoms with E-state index in [1.165, 1.54) is 17.0 Å². The quantitative estimate of drug-likeness (QED) is 0.423. The van der Waals surface area contributed by atoms with Crippen LogP contribution in [0.4, 0.5) is 10.5 Å². The molecule has 0 unspecified atom stereocenters. The van der Waals surface area contributed by atoms with Gasteiger partial charge < -0.3 is 20.4 Å². The zero-order valence-corrected chi connectivity index (χ0v) is 11.3. The molecule has 3 N–H and O–H groups in total. The number of aromatic carboxylic acids is 1. The van der Waals surface area contributed by atoms with Gasteiger partial charge >= 0.3 is 12.0 Å². The number of allylic oxidation sites excluding steroid dienone is 1. The summed E-state index contributed by atoms with van der Waals surface area (Å²) in [4.78, 5) is 24.0. The van der Waals surface area contributed by atoms with Crippen molar-refractivity contribution >= 4 is 17.7 Å². The van der Waals surface area contributed by atoms with E-state index in [1.807, 2.05) is 0 Å². The summed E-state index contributed by atoms with van der Waals surface area (Å²) in [5.41, 5.74) is 0.135. The van der Waals surface area contributed by atoms with E-state index >= 15 is 0 Å². The van der Waals surface area contributed by atoms with Crippen LogP contribution in [0.2, 0.25) is 0 Å². The van der Waals surface area contributed by atoms with Crippen LogP contribution in [0.1, 0.15) is 23.2 Å². The van der Waals surface area contributed by atoms with E-state index in [-0.39, 0.29) is 23.0 Å². The number of hydrogen-bond donors (Lipinski definition) is 3. The Kier molecular flexibility index (Phi) is 5.58. The maximum Gasteiger partial charge on any atom is 0.335 e. The highest BCUT2D eigenvalue weighted by Crippen LogP contribution is 2.24. The van der Waals surface area contributed by atoms with Crippen LogP contribution in [0.25, 0.3) is 0 Å². The van der Waals surface area contributed by atoms with Crippen LogP contribution in [-0.2, 0) is 0 Å². The Hall–Kier alpha value is -2.50. The number of urea groups is 1. The number of phenolic OH excluding ortho intramolecular Hbond substituents is 1. The molecule has 0 heterocycles. The standard InChI is InChI=1S/C14H18N2O4/c1-3-4-5-8-16(2)14(20)15-11-7-6-10(13(18)19)9-12(11)17/h3,6-7,9,17H,1,4-5,8H2,2H3,(H,15,20)(H,18,19). The molecule has 1 aromatic carbocycles. The predicted molar refractivity (Wildman–Crippen MR) is 76.1 cm³/mol. The number of aromatic hydroxyl groups is 1. The summed E-state index contributed by atoms with van der Waals surface area (Å²) < 4.78 is 0. The number of benzene rings is 1. The van der Waals surface area contributed by atoms with Gasteiger partial charge in [0, 0.05) is 13.6 Å². The van der Waals surface area contributed by atoms with Crippen molar-refractivity contribution in [1.82, 2.24) is 4.90 Å². The number of amides is 2. The predicted octanol–water partition coefficient (Wildman–Crippen LogP) is 2.52. The van der Waals surface area contributed by atoms with Gasteiger partial charge in [-0.25, -0.2) is 9.59 Å². The molecule has 1 rings (SSSR count). The van der Waals surface area contributed by atoms with E-state index in [1.54, 1.807) is 13.1 Å². The molecule has 0 saturated heterocycles. The van der Waals surface area contributed by atoms with E-state index in [2.05, 4.69) is 11.9 Å². The number of carbonyl (C=O) groups excluding carboxylic acids is 1. The van der Waals surface area contributed by atoms with E-state index in [0.717, 1.165) is 18.9 Å². The van der Waals surface area contributed by atoms with Gasteiger partial charge in [-0.2, -0.15) is 0 Å². The van der Waals surface area contributed by atoms with Crippen molar-refractivity contribution in [3.63, 3.8) is 0 Å². The number of hydrogen-bond acceptors (Lipinski definition) is 3. The fraction of sp³-hybridized carbons (Fsp3) is 0.286. The summed E-state index contributed by atoms with van der Waals surface area (Å²) in [5, 5.41) is 21.0. The molecular formula is C14H18N2O4. The highest BCUT2D eigenvalue weighted by Gasteiger charge is 2.12. The molecule has 108 valence electrons. The number of phenols is 1. The lowest BCUT2D eigenvalue weighted by Gasteiger charge is -2.18. The van der Waals surface area contributed by atoms with Gasteiger partial charge in [-0.05, 0) is 31.0 Å². The largest absolute Gasteiger partial charge is 0.506 e. The number of anilines is 1. The van der Waals surface area contributed by atoms with Gasteiger partial charge in [0.05, 0.1) is 11.3 Å². The number of nitrogens with zero attached hydrogens (tertiary/aromatic N) is 1. The van der Waals surface area contributed by atoms with E-state index in [9.17, 15) is 14.7 Å². The van der Waals surface area contributed by atoms with Crippen LogP contribution in [0.5, 0.6) is 5.75 Å². The summed E-state index contributed by atoms with van der Waals surface area (Å²) in [6.45, 7) is 4.17. The van der Waals surface area contributed by atoms with E-state index in [4.69, 9.17) is 5.11 Å². The Balaban J connectivity index is 2.66. The molecule has 0 atom stereocenters. The zero-order chi connectivity index (χ0) is 15.1. The topological polar surface area (TPSA) is 89.9 Å². The second kappa shape index (κ2) is 7.18. The van der Waals surface area contributed by atoms with Gasteiger partial charge in [-0.15, -0.1) is 6.58 Å². The lowest BCUT2D eigenvalue weighted by Crippen LogP contribution is -2.32. The summed E-state index contributed by atoms with van der Waals surface area (Å²) >= 11 is 0. The Bertz CT molecular complexity index is 514. The molecule has 0 fully saturated rings. The first-order valence-corrected chi connectivity index (χ1v) is 6.15. The normalized spacial score (nSPS) is 9.85. The maximum atomic E-state index is 11.8. The zero-order valence-electron chi connectivity index (χ0n) is 11.3. The maximum absolute atomic E-state index is 11.8. The van der Waals surface area contributed by atoms with Crippen molar-refractivity contribution in [2.45, 2.75) is 12.8 Å². The number of carbonyl (C=O) groups is 2. The van der Waals surface area contributed by atoms with Crippen LogP contribution >= 0.6 is 0 Å². The molecule has 0 radical (unpaired) electrons. The highest BCUT2D eigenvalue weighted by molar-refractivity contribution is 5.93. The minimum Gasteiger partial charge on any atom is -0.506 e. The number of carboxylic acid groups (broad SMARTS) is 1. The Morgan fingerprint density at radius 1 is 1.45 bits per heavy atom. The van der Waals surface area contributed by atoms with Gasteiger partial charge in [0.25, 0.3) is 0 Å². The Labute approximate surface area is 117 Å². The van der Waals surface area contributed by atoms with E-state index in [0.29, 0.717) is 6.54 Å². The monoisotopic (exact) mass is 278 g/mol. The third-order valence-corrected chi connectivity index (χ3v) is 2.73. The van der Waals surface area contributed by atoms with Crippen molar-refractivity contribution in [3.05, 3.63) is 36.4 Å². The lowest BCUT2D eigenvalue weighted by molar-refractivity contribution is 0.0696. The second-order valence-electron chi connectivity index (χ2n) is 4.32. The molecule has 20 heavy (non-hydrogen) atoms. The summed E-state index contributed by atoms with van der Waals surface area (Å²) in [6.07, 6.45) is 3.40. The molecule has 0 bridgehead atoms. The van der Waals surface area contributed by atoms with Crippen molar-refractivity contribution in [1.29, 1.82) is 0 Å². The number of nitrogens with one attached hydrogen (secondary N) is 1. The molecule has 1 aromatic rings. The SMILES string of the molecule is C=CCCCN(C)C(=O)Nc1ccc(C(=O)O)cc1O. The van der Waals surface area contributed by atoms with Gasteiger partial charge in [0.1, 0.15) is 5.75 Å². The first-order valence-electron chi connectivity index (χ1n) is 6.15. The van der Waals surface area contributed by atoms with Crippen molar-refractivity contribution in [3.8, 4) is 5.75 Å². The molecule has 2 amide bonds. The number of carboxylic acids is 1. The van der Waals surface area contributed by atoms with Crippen LogP contribution in [0.3, 0.4) is 0 Å². The van der Waals surface area contributed by atoms with Gasteiger partial charge in [-0.3, -0.25) is 0 Å². The summed E-state index contributed by atoms with van der Waals surface area (Å²) in [6, 6.07) is 3.40. The first kappa shape index (κ1) is 15.6. The average Bonchev–Trinajstić information content (AvgIpc) is 2.40. The minimum atomic E-state index is -1.14. The first-order chi connectivity index (χ1) is 9.45. The van der Waals surface area contributed by atoms with Crippen molar-refractivity contribution in [2.75, 3.05) is 18.9 Å². The fourth-order valence-corrected chi connectivity index (χ4v) is 1.56. The van der Waals surface area contributed by atoms with Gasteiger partial charge in [-0.1, -0.05) is 6.08 Å². The van der Waals surface area contributed by atoms with Crippen molar-refractivity contribution < 1.29 is 19.8 Å². The van der Waals surface area contributed by atoms with Gasteiger partial charge in [0.15, 0.2) is 0 Å². The molecular weight excluding hydrogens is 260 g/mol. The number of rotatable bonds is 6. The Morgan fingerprint density at radius 2 is 2.15 bits per heavy atom. The molecule has 6 nitrogen and oxygen atoms in total. The summed E-state index contributed by atoms with van der Waals surface area (Å²) in [5.74, 6) is -1.42. The van der Waals surface area contributed by atoms with Crippen LogP contribution < -0.4 is 5.32 Å². The number of unbranched alkanes of at least 4 members (excludes halogenated alkanes) is 1. The van der Waals surface area contributed by atoms with Crippen molar-refractivity contribution in [2.24, 2.45) is 0 Å². The molecule has 0 spiro atoms. The fourth-order valence-electron chi connectivity index (χ4n) is 1.56. The van der Waals surface area contributed by atoms with Gasteiger partial charge in [0.2, 0.25) is 0 Å². The third kappa shape index (κ3) is 4.31. The van der Waals surface area contributed by atoms with Crippen LogP contribution in [0.15, 0.2) is 30.9 Å². The molecule has 0 aliphatic rings. The van der Waals surface area contributed by atoms with Crippen LogP contribution in [-0.4, -0.2) is 40.7 Å². The Morgan fingerprint density at radius 3 is 2.70 bits per heavy atom. The van der Waals surface area contributed by atoms with E-state index < -0.39 is 5.97 Å². The molecule has 0 aromatic heterocycles. The molecule has 0 saturated carbocycles. The van der Waals surface area contributed by atoms with Crippen LogP contribution in [0, 0.1) is 0 Å². The highest BCUT2D eigenvalue weighted by atomic mass is 16.4. The summed E-state index contributed by atoms with van der Waals surface area (Å²) in [7, 11) is 1.64. The second-order valence-corrected chi connectivity index (χ2v) is 4.32. The average molecular weight is 278 g/mol. The molecule has 6 heteroatoms. The lowest BCUT2D eigenvalue weighted by atomic mass is 10.2. The minimum absolute atomic E-state index is 0.0418. The smallest absolute Gasteiger partial charge is 0.335 e. The third-order valence-electron chi connectivity index (χ3n) is 2.73.